The van der Waals surface area contributed by atoms with Crippen LogP contribution in [-0.4, -0.2) is 13.3 Å². The zero-order valence-electron chi connectivity index (χ0n) is 8.42. The molecule has 0 unspecified atom stereocenters. The smallest absolute Gasteiger partial charge is 0.263 e. The molecule has 0 atom stereocenters. The number of aryl methyl sites for hydroxylation is 1. The van der Waals surface area contributed by atoms with Gasteiger partial charge in [0.1, 0.15) is 5.75 Å². The van der Waals surface area contributed by atoms with Gasteiger partial charge in [-0.2, -0.15) is 0 Å². The predicted molar refractivity (Wildman–Crippen MR) is 55.5 cm³/mol. The Hall–Kier alpha value is -0.690. The lowest BCUT2D eigenvalue weighted by atomic mass is 10.1. The fourth-order valence-electron chi connectivity index (χ4n) is 1.05. The molecule has 4 heteroatoms. The van der Waals surface area contributed by atoms with Crippen LogP contribution in [-0.2, 0) is 0 Å². The summed E-state index contributed by atoms with van der Waals surface area (Å²) in [7, 11) is -0.570. The van der Waals surface area contributed by atoms with Crippen molar-refractivity contribution in [2.75, 3.05) is 13.3 Å². The van der Waals surface area contributed by atoms with E-state index in [1.165, 1.54) is 12.1 Å². The van der Waals surface area contributed by atoms with E-state index < -0.39 is 14.6 Å². The van der Waals surface area contributed by atoms with Gasteiger partial charge in [-0.15, -0.1) is 0 Å². The van der Waals surface area contributed by atoms with Gasteiger partial charge in [0, 0.05) is 5.56 Å². The fourth-order valence-corrected chi connectivity index (χ4v) is 1.64. The molecule has 0 aliphatic rings. The Morgan fingerprint density at radius 2 is 1.93 bits per heavy atom. The van der Waals surface area contributed by atoms with Crippen molar-refractivity contribution < 1.29 is 13.3 Å². The first-order valence-electron chi connectivity index (χ1n) is 4.24. The summed E-state index contributed by atoms with van der Waals surface area (Å²) in [6.07, 6.45) is -2.43. The van der Waals surface area contributed by atoms with E-state index in [-0.39, 0.29) is 5.56 Å². The summed E-state index contributed by atoms with van der Waals surface area (Å²) in [4.78, 5) is 0. The van der Waals surface area contributed by atoms with Crippen LogP contribution in [0.2, 0.25) is 0 Å². The molecule has 0 heterocycles. The largest absolute Gasteiger partial charge is 0.474 e. The Kier molecular flexibility index (Phi) is 3.82. The molecule has 1 nitrogen and oxygen atoms in total. The topological polar surface area (TPSA) is 9.23 Å². The van der Waals surface area contributed by atoms with Crippen LogP contribution in [0.1, 0.15) is 17.6 Å². The molecular weight excluding hydrogens is 205 g/mol. The second-order valence-electron chi connectivity index (χ2n) is 3.23. The molecule has 1 rings (SSSR count). The van der Waals surface area contributed by atoms with E-state index in [0.717, 1.165) is 5.56 Å². The van der Waals surface area contributed by atoms with Gasteiger partial charge in [0.25, 0.3) is 6.43 Å². The van der Waals surface area contributed by atoms with Crippen LogP contribution in [0.5, 0.6) is 5.75 Å². The van der Waals surface area contributed by atoms with Crippen LogP contribution >= 0.6 is 8.15 Å². The van der Waals surface area contributed by atoms with Gasteiger partial charge >= 0.3 is 0 Å². The zero-order valence-corrected chi connectivity index (χ0v) is 9.32. The normalized spacial score (nSPS) is 11.1. The van der Waals surface area contributed by atoms with Gasteiger partial charge in [-0.25, -0.2) is 8.78 Å². The lowest BCUT2D eigenvalue weighted by Crippen LogP contribution is -1.91. The third-order valence-electron chi connectivity index (χ3n) is 1.75. The predicted octanol–water partition coefficient (Wildman–Crippen LogP) is 3.97. The molecule has 0 amide bonds. The van der Waals surface area contributed by atoms with E-state index in [1.54, 1.807) is 6.07 Å². The molecule has 0 aliphatic heterocycles. The summed E-state index contributed by atoms with van der Waals surface area (Å²) in [5.41, 5.74) is 0.910. The van der Waals surface area contributed by atoms with E-state index in [2.05, 4.69) is 0 Å². The van der Waals surface area contributed by atoms with E-state index in [9.17, 15) is 8.78 Å². The van der Waals surface area contributed by atoms with Crippen molar-refractivity contribution in [3.8, 4) is 5.75 Å². The van der Waals surface area contributed by atoms with Crippen molar-refractivity contribution in [2.24, 2.45) is 0 Å². The molecule has 0 saturated heterocycles. The molecule has 14 heavy (non-hydrogen) atoms. The number of hydrogen-bond donors (Lipinski definition) is 0. The van der Waals surface area contributed by atoms with Crippen molar-refractivity contribution in [1.82, 2.24) is 0 Å². The fraction of sp³-hybridized carbons (Fsp3) is 0.400. The standard InChI is InChI=1S/C10H13F2OP/c1-7-4-5-8(10(11)12)6-9(7)13-14(2)3/h4-6,10H,1-3H3. The quantitative estimate of drug-likeness (QED) is 0.697. The first-order chi connectivity index (χ1) is 6.50. The average Bonchev–Trinajstić information content (AvgIpc) is 2.07. The van der Waals surface area contributed by atoms with Gasteiger partial charge in [0.15, 0.2) is 0 Å². The number of halogens is 2. The maximum Gasteiger partial charge on any atom is 0.263 e. The number of alkyl halides is 2. The molecule has 78 valence electrons. The molecule has 0 aliphatic carbocycles. The molecule has 0 aromatic heterocycles. The monoisotopic (exact) mass is 218 g/mol. The van der Waals surface area contributed by atoms with Crippen LogP contribution in [0, 0.1) is 6.92 Å². The van der Waals surface area contributed by atoms with Crippen LogP contribution in [0.3, 0.4) is 0 Å². The summed E-state index contributed by atoms with van der Waals surface area (Å²) in [5.74, 6) is 0.568. The highest BCUT2D eigenvalue weighted by Gasteiger charge is 2.10. The van der Waals surface area contributed by atoms with Gasteiger partial charge in [-0.3, -0.25) is 0 Å². The first kappa shape index (κ1) is 11.4. The first-order valence-corrected chi connectivity index (χ1v) is 6.40. The van der Waals surface area contributed by atoms with Crippen LogP contribution in [0.15, 0.2) is 18.2 Å². The van der Waals surface area contributed by atoms with Crippen LogP contribution < -0.4 is 4.52 Å². The number of hydrogen-bond acceptors (Lipinski definition) is 1. The third kappa shape index (κ3) is 2.91. The molecule has 0 saturated carbocycles. The molecule has 0 fully saturated rings. The minimum absolute atomic E-state index is 0.0162. The highest BCUT2D eigenvalue weighted by atomic mass is 31.1. The molecule has 1 aromatic carbocycles. The minimum Gasteiger partial charge on any atom is -0.474 e. The summed E-state index contributed by atoms with van der Waals surface area (Å²) >= 11 is 0. The zero-order chi connectivity index (χ0) is 10.7. The molecule has 0 radical (unpaired) electrons. The SMILES string of the molecule is Cc1ccc(C(F)F)cc1OP(C)C. The van der Waals surface area contributed by atoms with Gasteiger partial charge in [-0.05, 0) is 31.9 Å². The van der Waals surface area contributed by atoms with Crippen molar-refractivity contribution in [3.63, 3.8) is 0 Å². The summed E-state index contributed by atoms with van der Waals surface area (Å²) in [5, 5.41) is 0. The molecular formula is C10H13F2OP. The van der Waals surface area contributed by atoms with E-state index >= 15 is 0 Å². The van der Waals surface area contributed by atoms with Crippen molar-refractivity contribution >= 4 is 8.15 Å². The Morgan fingerprint density at radius 1 is 1.29 bits per heavy atom. The Morgan fingerprint density at radius 3 is 2.43 bits per heavy atom. The molecule has 0 bridgehead atoms. The highest BCUT2D eigenvalue weighted by molar-refractivity contribution is 7.51. The van der Waals surface area contributed by atoms with Crippen molar-refractivity contribution in [2.45, 2.75) is 13.3 Å². The summed E-state index contributed by atoms with van der Waals surface area (Å²) < 4.78 is 30.2. The highest BCUT2D eigenvalue weighted by Crippen LogP contribution is 2.34. The lowest BCUT2D eigenvalue weighted by Gasteiger charge is -2.13. The second-order valence-corrected chi connectivity index (χ2v) is 5.04. The molecule has 0 N–H and O–H groups in total. The minimum atomic E-state index is -2.43. The van der Waals surface area contributed by atoms with Gasteiger partial charge in [-0.1, -0.05) is 12.1 Å². The third-order valence-corrected chi connectivity index (χ3v) is 2.31. The van der Waals surface area contributed by atoms with E-state index in [0.29, 0.717) is 5.75 Å². The van der Waals surface area contributed by atoms with E-state index in [1.807, 2.05) is 20.3 Å². The van der Waals surface area contributed by atoms with Crippen molar-refractivity contribution in [3.05, 3.63) is 29.3 Å². The number of benzene rings is 1. The lowest BCUT2D eigenvalue weighted by molar-refractivity contribution is 0.151. The Labute approximate surface area is 83.9 Å². The van der Waals surface area contributed by atoms with Crippen LogP contribution in [0.4, 0.5) is 8.78 Å². The van der Waals surface area contributed by atoms with Gasteiger partial charge in [0.05, 0.1) is 8.15 Å². The molecule has 0 spiro atoms. The maximum absolute atomic E-state index is 12.4. The summed E-state index contributed by atoms with van der Waals surface area (Å²) in [6.45, 7) is 5.72. The van der Waals surface area contributed by atoms with Gasteiger partial charge < -0.3 is 4.52 Å². The Balaban J connectivity index is 2.96. The van der Waals surface area contributed by atoms with Crippen molar-refractivity contribution in [1.29, 1.82) is 0 Å². The second kappa shape index (κ2) is 4.70. The average molecular weight is 218 g/mol. The Bertz CT molecular complexity index is 313. The van der Waals surface area contributed by atoms with Gasteiger partial charge in [0.2, 0.25) is 0 Å². The molecule has 1 aromatic rings. The summed E-state index contributed by atoms with van der Waals surface area (Å²) in [6, 6.07) is 4.51. The van der Waals surface area contributed by atoms with E-state index in [4.69, 9.17) is 4.52 Å². The number of rotatable bonds is 3. The van der Waals surface area contributed by atoms with Crippen LogP contribution in [0.25, 0.3) is 0 Å². The maximum atomic E-state index is 12.4.